The molecule has 2 heterocycles. The predicted octanol–water partition coefficient (Wildman–Crippen LogP) is 3.02. The Balaban J connectivity index is 1.57. The third-order valence-electron chi connectivity index (χ3n) is 4.04. The van der Waals surface area contributed by atoms with Crippen molar-refractivity contribution in [2.45, 2.75) is 26.9 Å². The molecule has 0 bridgehead atoms. The number of amides is 3. The molecule has 0 fully saturated rings. The van der Waals surface area contributed by atoms with Crippen LogP contribution in [0.25, 0.3) is 0 Å². The number of urea groups is 1. The predicted molar refractivity (Wildman–Crippen MR) is 96.1 cm³/mol. The molecule has 0 aliphatic carbocycles. The molecule has 0 unspecified atom stereocenters. The van der Waals surface area contributed by atoms with Gasteiger partial charge in [0.2, 0.25) is 0 Å². The van der Waals surface area contributed by atoms with E-state index in [9.17, 15) is 9.59 Å². The molecule has 2 aromatic rings. The Hall–Kier alpha value is -2.89. The van der Waals surface area contributed by atoms with Gasteiger partial charge in [0.15, 0.2) is 0 Å². The summed E-state index contributed by atoms with van der Waals surface area (Å²) in [7, 11) is 0. The summed E-state index contributed by atoms with van der Waals surface area (Å²) in [6.07, 6.45) is 1.74. The van der Waals surface area contributed by atoms with Crippen LogP contribution in [-0.2, 0) is 13.1 Å². The van der Waals surface area contributed by atoms with Crippen molar-refractivity contribution in [1.82, 2.24) is 15.2 Å². The van der Waals surface area contributed by atoms with E-state index in [0.717, 1.165) is 11.3 Å². The van der Waals surface area contributed by atoms with Gasteiger partial charge in [-0.15, -0.1) is 0 Å². The highest BCUT2D eigenvalue weighted by Gasteiger charge is 2.23. The summed E-state index contributed by atoms with van der Waals surface area (Å²) in [5.74, 6) is 0.300. The highest BCUT2D eigenvalue weighted by atomic mass is 16.2. The molecule has 0 spiro atoms. The smallest absolute Gasteiger partial charge is 0.322 e. The molecule has 1 aromatic heterocycles. The van der Waals surface area contributed by atoms with Crippen LogP contribution in [0.1, 0.15) is 35.5 Å². The maximum absolute atomic E-state index is 12.4. The molecule has 25 heavy (non-hydrogen) atoms. The van der Waals surface area contributed by atoms with Crippen LogP contribution in [0.15, 0.2) is 42.6 Å². The molecule has 0 saturated carbocycles. The number of nitrogens with one attached hydrogen (secondary N) is 2. The van der Waals surface area contributed by atoms with Crippen LogP contribution in [0.2, 0.25) is 0 Å². The first-order valence-electron chi connectivity index (χ1n) is 8.40. The molecule has 0 radical (unpaired) electrons. The summed E-state index contributed by atoms with van der Waals surface area (Å²) in [4.78, 5) is 30.4. The van der Waals surface area contributed by atoms with Gasteiger partial charge in [0.25, 0.3) is 5.91 Å². The monoisotopic (exact) mass is 338 g/mol. The number of pyridine rings is 1. The van der Waals surface area contributed by atoms with Crippen LogP contribution in [-0.4, -0.2) is 28.4 Å². The van der Waals surface area contributed by atoms with Crippen molar-refractivity contribution >= 4 is 17.6 Å². The summed E-state index contributed by atoms with van der Waals surface area (Å²) in [6.45, 7) is 5.80. The summed E-state index contributed by atoms with van der Waals surface area (Å²) in [6, 6.07) is 10.6. The van der Waals surface area contributed by atoms with Crippen LogP contribution >= 0.6 is 0 Å². The second-order valence-corrected chi connectivity index (χ2v) is 6.58. The van der Waals surface area contributed by atoms with Gasteiger partial charge in [-0.3, -0.25) is 9.78 Å². The van der Waals surface area contributed by atoms with Gasteiger partial charge in [-0.2, -0.15) is 0 Å². The molecule has 3 rings (SSSR count). The minimum absolute atomic E-state index is 0.104. The number of carbonyl (C=O) groups is 2. The Labute approximate surface area is 147 Å². The van der Waals surface area contributed by atoms with E-state index in [0.29, 0.717) is 36.8 Å². The molecular formula is C19H22N4O2. The average molecular weight is 338 g/mol. The van der Waals surface area contributed by atoms with E-state index in [-0.39, 0.29) is 11.9 Å². The molecule has 130 valence electrons. The zero-order valence-electron chi connectivity index (χ0n) is 14.5. The second-order valence-electron chi connectivity index (χ2n) is 6.58. The van der Waals surface area contributed by atoms with Crippen molar-refractivity contribution in [2.75, 3.05) is 11.9 Å². The molecule has 1 aromatic carbocycles. The Morgan fingerprint density at radius 1 is 1.16 bits per heavy atom. The van der Waals surface area contributed by atoms with Crippen molar-refractivity contribution in [3.05, 3.63) is 59.4 Å². The van der Waals surface area contributed by atoms with Crippen LogP contribution in [0.3, 0.4) is 0 Å². The van der Waals surface area contributed by atoms with E-state index >= 15 is 0 Å². The zero-order chi connectivity index (χ0) is 17.8. The fraction of sp³-hybridized carbons (Fsp3) is 0.316. The molecule has 1 aliphatic rings. The van der Waals surface area contributed by atoms with Crippen molar-refractivity contribution in [3.8, 4) is 0 Å². The van der Waals surface area contributed by atoms with E-state index in [1.807, 2.05) is 26.0 Å². The topological polar surface area (TPSA) is 74.3 Å². The van der Waals surface area contributed by atoms with Gasteiger partial charge in [0.05, 0.1) is 12.2 Å². The number of hydrogen-bond donors (Lipinski definition) is 2. The molecular weight excluding hydrogens is 316 g/mol. The Morgan fingerprint density at radius 3 is 2.60 bits per heavy atom. The second kappa shape index (κ2) is 7.34. The van der Waals surface area contributed by atoms with E-state index in [1.165, 1.54) is 0 Å². The Kier molecular flexibility index (Phi) is 4.97. The lowest BCUT2D eigenvalue weighted by Gasteiger charge is -2.16. The lowest BCUT2D eigenvalue weighted by atomic mass is 10.1. The van der Waals surface area contributed by atoms with E-state index < -0.39 is 0 Å². The number of fused-ring (bicyclic) bond motifs is 1. The van der Waals surface area contributed by atoms with Crippen molar-refractivity contribution in [1.29, 1.82) is 0 Å². The van der Waals surface area contributed by atoms with Crippen molar-refractivity contribution < 1.29 is 9.59 Å². The number of rotatable bonds is 4. The van der Waals surface area contributed by atoms with Crippen LogP contribution in [0.4, 0.5) is 10.5 Å². The van der Waals surface area contributed by atoms with E-state index in [4.69, 9.17) is 0 Å². The zero-order valence-corrected chi connectivity index (χ0v) is 14.5. The Bertz CT molecular complexity index is 746. The van der Waals surface area contributed by atoms with E-state index in [1.54, 1.807) is 35.4 Å². The minimum Gasteiger partial charge on any atom is -0.352 e. The number of anilines is 1. The van der Waals surface area contributed by atoms with Gasteiger partial charge < -0.3 is 15.5 Å². The molecule has 6 heteroatoms. The molecule has 0 saturated heterocycles. The SMILES string of the molecule is CC(C)CNC(=O)c1ccc(NC(=O)N2Cc3cccnc3C2)cc1. The van der Waals surface area contributed by atoms with Crippen LogP contribution < -0.4 is 10.6 Å². The van der Waals surface area contributed by atoms with Gasteiger partial charge in [-0.1, -0.05) is 19.9 Å². The van der Waals surface area contributed by atoms with Crippen LogP contribution in [0, 0.1) is 5.92 Å². The highest BCUT2D eigenvalue weighted by Crippen LogP contribution is 2.21. The standard InChI is InChI=1S/C19H22N4O2/c1-13(2)10-21-18(24)14-5-7-16(8-6-14)22-19(25)23-11-15-4-3-9-20-17(15)12-23/h3-9,13H,10-12H2,1-2H3,(H,21,24)(H,22,25). The maximum Gasteiger partial charge on any atom is 0.322 e. The molecule has 0 atom stereocenters. The van der Waals surface area contributed by atoms with Gasteiger partial charge in [0.1, 0.15) is 0 Å². The van der Waals surface area contributed by atoms with Crippen LogP contribution in [0.5, 0.6) is 0 Å². The number of aromatic nitrogens is 1. The minimum atomic E-state index is -0.171. The molecule has 6 nitrogen and oxygen atoms in total. The van der Waals surface area contributed by atoms with E-state index in [2.05, 4.69) is 15.6 Å². The summed E-state index contributed by atoms with van der Waals surface area (Å²) >= 11 is 0. The summed E-state index contributed by atoms with van der Waals surface area (Å²) in [5, 5.41) is 5.73. The lowest BCUT2D eigenvalue weighted by Crippen LogP contribution is -2.30. The Morgan fingerprint density at radius 2 is 1.92 bits per heavy atom. The number of hydrogen-bond acceptors (Lipinski definition) is 3. The molecule has 3 amide bonds. The fourth-order valence-corrected chi connectivity index (χ4v) is 2.65. The largest absolute Gasteiger partial charge is 0.352 e. The normalized spacial score (nSPS) is 12.8. The fourth-order valence-electron chi connectivity index (χ4n) is 2.65. The first-order valence-corrected chi connectivity index (χ1v) is 8.40. The first-order chi connectivity index (χ1) is 12.0. The maximum atomic E-state index is 12.4. The third kappa shape index (κ3) is 4.15. The van der Waals surface area contributed by atoms with Crippen molar-refractivity contribution in [2.24, 2.45) is 5.92 Å². The van der Waals surface area contributed by atoms with Gasteiger partial charge in [0, 0.05) is 30.5 Å². The lowest BCUT2D eigenvalue weighted by molar-refractivity contribution is 0.0949. The van der Waals surface area contributed by atoms with Gasteiger partial charge >= 0.3 is 6.03 Å². The highest BCUT2D eigenvalue weighted by molar-refractivity contribution is 5.95. The molecule has 2 N–H and O–H groups in total. The first kappa shape index (κ1) is 17.0. The summed E-state index contributed by atoms with van der Waals surface area (Å²) < 4.78 is 0. The molecule has 1 aliphatic heterocycles. The average Bonchev–Trinajstić information content (AvgIpc) is 3.04. The number of carbonyl (C=O) groups excluding carboxylic acids is 2. The van der Waals surface area contributed by atoms with Crippen molar-refractivity contribution in [3.63, 3.8) is 0 Å². The summed E-state index contributed by atoms with van der Waals surface area (Å²) in [5.41, 5.74) is 3.26. The number of benzene rings is 1. The third-order valence-corrected chi connectivity index (χ3v) is 4.04. The van der Waals surface area contributed by atoms with Gasteiger partial charge in [-0.25, -0.2) is 4.79 Å². The van der Waals surface area contributed by atoms with Gasteiger partial charge in [-0.05, 0) is 41.8 Å². The number of nitrogens with zero attached hydrogens (tertiary/aromatic N) is 2. The quantitative estimate of drug-likeness (QED) is 0.900.